The molecule has 4 rings (SSSR count). The van der Waals surface area contributed by atoms with Gasteiger partial charge in [-0.3, -0.25) is 4.98 Å². The Morgan fingerprint density at radius 3 is 2.93 bits per heavy atom. The lowest BCUT2D eigenvalue weighted by Gasteiger charge is -2.37. The van der Waals surface area contributed by atoms with Crippen molar-refractivity contribution in [1.29, 1.82) is 0 Å². The summed E-state index contributed by atoms with van der Waals surface area (Å²) >= 11 is 0. The molecular weight excluding hydrogens is 332 g/mol. The average Bonchev–Trinajstić information content (AvgIpc) is 3.21. The Kier molecular flexibility index (Phi) is 5.76. The highest BCUT2D eigenvalue weighted by Gasteiger charge is 2.38. The van der Waals surface area contributed by atoms with Gasteiger partial charge in [0.05, 0.1) is 12.6 Å². The Labute approximate surface area is 162 Å². The molecule has 3 heteroatoms. The van der Waals surface area contributed by atoms with Crippen LogP contribution in [-0.4, -0.2) is 11.6 Å². The van der Waals surface area contributed by atoms with Crippen LogP contribution in [0.1, 0.15) is 68.5 Å². The maximum Gasteiger partial charge on any atom is 0.119 e. The maximum absolute atomic E-state index is 6.05. The molecule has 3 atom stereocenters. The summed E-state index contributed by atoms with van der Waals surface area (Å²) in [5.74, 6) is 2.01. The summed E-state index contributed by atoms with van der Waals surface area (Å²) in [4.78, 5) is 4.32. The number of pyridine rings is 1. The molecule has 0 spiro atoms. The Balaban J connectivity index is 1.46. The maximum atomic E-state index is 6.05. The van der Waals surface area contributed by atoms with E-state index in [9.17, 15) is 0 Å². The van der Waals surface area contributed by atoms with Gasteiger partial charge in [-0.15, -0.1) is 0 Å². The normalized spacial score (nSPS) is 22.8. The van der Waals surface area contributed by atoms with Crippen molar-refractivity contribution in [3.05, 3.63) is 66.0 Å². The number of nitrogens with one attached hydrogen (secondary N) is 1. The molecule has 0 saturated heterocycles. The van der Waals surface area contributed by atoms with Crippen LogP contribution in [0.3, 0.4) is 0 Å². The molecule has 142 valence electrons. The minimum Gasteiger partial charge on any atom is -0.494 e. The molecule has 1 N–H and O–H groups in total. The predicted molar refractivity (Wildman–Crippen MR) is 111 cm³/mol. The molecule has 1 aromatic carbocycles. The summed E-state index contributed by atoms with van der Waals surface area (Å²) in [5, 5.41) is 3.77. The van der Waals surface area contributed by atoms with Crippen molar-refractivity contribution in [2.24, 2.45) is 5.92 Å². The second kappa shape index (κ2) is 8.60. The number of ether oxygens (including phenoxy) is 1. The molecule has 3 nitrogen and oxygen atoms in total. The Morgan fingerprint density at radius 1 is 1.15 bits per heavy atom. The van der Waals surface area contributed by atoms with Crippen molar-refractivity contribution >= 4 is 5.69 Å². The van der Waals surface area contributed by atoms with Crippen molar-refractivity contribution in [3.63, 3.8) is 0 Å². The highest BCUT2D eigenvalue weighted by atomic mass is 16.5. The average molecular weight is 363 g/mol. The number of aromatic nitrogens is 1. The minimum atomic E-state index is 0.316. The zero-order chi connectivity index (χ0) is 18.5. The van der Waals surface area contributed by atoms with E-state index in [4.69, 9.17) is 4.74 Å². The van der Waals surface area contributed by atoms with Crippen molar-refractivity contribution in [1.82, 2.24) is 4.98 Å². The van der Waals surface area contributed by atoms with Gasteiger partial charge >= 0.3 is 0 Å². The smallest absolute Gasteiger partial charge is 0.119 e. The second-order valence-electron chi connectivity index (χ2n) is 7.77. The van der Waals surface area contributed by atoms with Crippen LogP contribution in [-0.2, 0) is 0 Å². The van der Waals surface area contributed by atoms with Crippen molar-refractivity contribution in [2.45, 2.75) is 57.4 Å². The molecule has 0 radical (unpaired) electrons. The monoisotopic (exact) mass is 362 g/mol. The van der Waals surface area contributed by atoms with E-state index in [2.05, 4.69) is 53.6 Å². The first-order valence-electron chi connectivity index (χ1n) is 10.5. The van der Waals surface area contributed by atoms with Crippen molar-refractivity contribution in [3.8, 4) is 5.75 Å². The molecule has 1 aliphatic heterocycles. The van der Waals surface area contributed by atoms with Gasteiger partial charge in [0.15, 0.2) is 0 Å². The topological polar surface area (TPSA) is 34.1 Å². The highest BCUT2D eigenvalue weighted by Crippen LogP contribution is 2.50. The van der Waals surface area contributed by atoms with Gasteiger partial charge in [0.1, 0.15) is 5.75 Å². The van der Waals surface area contributed by atoms with Crippen LogP contribution in [0.4, 0.5) is 5.69 Å². The quantitative estimate of drug-likeness (QED) is 0.445. The van der Waals surface area contributed by atoms with Crippen molar-refractivity contribution in [2.75, 3.05) is 11.9 Å². The van der Waals surface area contributed by atoms with Gasteiger partial charge in [-0.1, -0.05) is 50.8 Å². The van der Waals surface area contributed by atoms with E-state index in [1.807, 2.05) is 18.5 Å². The van der Waals surface area contributed by atoms with Gasteiger partial charge in [-0.2, -0.15) is 0 Å². The molecule has 1 aromatic heterocycles. The van der Waals surface area contributed by atoms with Gasteiger partial charge in [-0.25, -0.2) is 0 Å². The lowest BCUT2D eigenvalue weighted by atomic mass is 9.77. The van der Waals surface area contributed by atoms with Crippen LogP contribution < -0.4 is 10.1 Å². The highest BCUT2D eigenvalue weighted by molar-refractivity contribution is 5.61. The lowest BCUT2D eigenvalue weighted by molar-refractivity contribution is 0.303. The fraction of sp³-hybridized carbons (Fsp3) is 0.458. The minimum absolute atomic E-state index is 0.316. The number of benzene rings is 1. The van der Waals surface area contributed by atoms with E-state index in [1.54, 1.807) is 0 Å². The molecule has 2 aromatic rings. The zero-order valence-electron chi connectivity index (χ0n) is 16.2. The molecular formula is C24H30N2O. The Bertz CT molecular complexity index is 771. The molecule has 0 fully saturated rings. The molecule has 2 aliphatic rings. The fourth-order valence-electron chi connectivity index (χ4n) is 4.45. The Hall–Kier alpha value is -2.29. The second-order valence-corrected chi connectivity index (χ2v) is 7.77. The summed E-state index contributed by atoms with van der Waals surface area (Å²) in [6.07, 6.45) is 16.0. The number of fused-ring (bicyclic) bond motifs is 3. The number of hydrogen-bond acceptors (Lipinski definition) is 3. The summed E-state index contributed by atoms with van der Waals surface area (Å²) in [6.45, 7) is 3.07. The zero-order valence-corrected chi connectivity index (χ0v) is 16.2. The van der Waals surface area contributed by atoms with E-state index < -0.39 is 0 Å². The third-order valence-corrected chi connectivity index (χ3v) is 5.89. The van der Waals surface area contributed by atoms with Crippen molar-refractivity contribution < 1.29 is 4.74 Å². The molecule has 0 amide bonds. The third kappa shape index (κ3) is 4.02. The number of hydrogen-bond donors (Lipinski definition) is 1. The first-order valence-corrected chi connectivity index (χ1v) is 10.5. The summed E-state index contributed by atoms with van der Waals surface area (Å²) in [7, 11) is 0. The lowest BCUT2D eigenvalue weighted by Crippen LogP contribution is -2.29. The van der Waals surface area contributed by atoms with Crippen LogP contribution in [0.15, 0.2) is 54.9 Å². The summed E-state index contributed by atoms with van der Waals surface area (Å²) in [6, 6.07) is 11.1. The fourth-order valence-corrected chi connectivity index (χ4v) is 4.45. The number of rotatable bonds is 8. The van der Waals surface area contributed by atoms with Crippen LogP contribution in [0.25, 0.3) is 0 Å². The van der Waals surface area contributed by atoms with E-state index in [0.717, 1.165) is 25.2 Å². The van der Waals surface area contributed by atoms with Gasteiger partial charge in [0, 0.05) is 24.0 Å². The van der Waals surface area contributed by atoms with Gasteiger partial charge in [0.25, 0.3) is 0 Å². The third-order valence-electron chi connectivity index (χ3n) is 5.89. The van der Waals surface area contributed by atoms with Gasteiger partial charge in [-0.05, 0) is 54.2 Å². The largest absolute Gasteiger partial charge is 0.494 e. The number of nitrogens with zero attached hydrogens (tertiary/aromatic N) is 1. The van der Waals surface area contributed by atoms with Crippen LogP contribution >= 0.6 is 0 Å². The number of allylic oxidation sites excluding steroid dienone is 2. The molecule has 2 heterocycles. The molecule has 27 heavy (non-hydrogen) atoms. The molecule has 3 unspecified atom stereocenters. The van der Waals surface area contributed by atoms with E-state index >= 15 is 0 Å². The molecule has 0 saturated carbocycles. The van der Waals surface area contributed by atoms with E-state index in [0.29, 0.717) is 17.9 Å². The number of unbranched alkanes of at least 4 members (excludes halogenated alkanes) is 4. The van der Waals surface area contributed by atoms with Crippen LogP contribution in [0.5, 0.6) is 5.75 Å². The standard InChI is InChI=1S/C24H30N2O/c1-2-3-4-5-6-15-27-19-12-13-23-22(16-19)20-10-7-11-21(20)24(26-23)18-9-8-14-25-17-18/h7-10,12-14,16-17,20-21,24,26H,2-6,11,15H2,1H3. The van der Waals surface area contributed by atoms with E-state index in [1.165, 1.54) is 42.5 Å². The number of anilines is 1. The molecule has 0 bridgehead atoms. The van der Waals surface area contributed by atoms with E-state index in [-0.39, 0.29) is 0 Å². The summed E-state index contributed by atoms with van der Waals surface area (Å²) in [5.41, 5.74) is 3.87. The first kappa shape index (κ1) is 18.1. The Morgan fingerprint density at radius 2 is 2.07 bits per heavy atom. The van der Waals surface area contributed by atoms with Gasteiger partial charge in [0.2, 0.25) is 0 Å². The first-order chi connectivity index (χ1) is 13.4. The SMILES string of the molecule is CCCCCCCOc1ccc2c(c1)C1C=CCC1C(c1cccnc1)N2. The molecule has 1 aliphatic carbocycles. The van der Waals surface area contributed by atoms with Crippen LogP contribution in [0.2, 0.25) is 0 Å². The summed E-state index contributed by atoms with van der Waals surface area (Å²) < 4.78 is 6.05. The van der Waals surface area contributed by atoms with Gasteiger partial charge < -0.3 is 10.1 Å². The predicted octanol–water partition coefficient (Wildman–Crippen LogP) is 6.26. The van der Waals surface area contributed by atoms with Crippen LogP contribution in [0, 0.1) is 5.92 Å².